The highest BCUT2D eigenvalue weighted by Gasteiger charge is 2.38. The van der Waals surface area contributed by atoms with E-state index >= 15 is 0 Å². The average Bonchev–Trinajstić information content (AvgIpc) is 2.68. The zero-order valence-electron chi connectivity index (χ0n) is 17.0. The van der Waals surface area contributed by atoms with E-state index in [1.54, 1.807) is 0 Å². The molecular weight excluding hydrogens is 299 g/mol. The van der Waals surface area contributed by atoms with Crippen LogP contribution >= 0.6 is 0 Å². The predicted octanol–water partition coefficient (Wildman–Crippen LogP) is 7.57. The van der Waals surface area contributed by atoms with E-state index in [-0.39, 0.29) is 0 Å². The molecule has 2 saturated carbocycles. The van der Waals surface area contributed by atoms with Crippen LogP contribution in [0.4, 0.5) is 0 Å². The van der Waals surface area contributed by atoms with Crippen molar-refractivity contribution in [1.29, 1.82) is 0 Å². The van der Waals surface area contributed by atoms with Crippen LogP contribution in [0.25, 0.3) is 0 Å². The van der Waals surface area contributed by atoms with Crippen molar-refractivity contribution < 1.29 is 0 Å². The van der Waals surface area contributed by atoms with Crippen molar-refractivity contribution >= 4 is 6.15 Å². The molecule has 0 saturated heterocycles. The van der Waals surface area contributed by atoms with Gasteiger partial charge in [-0.15, -0.1) is 23.5 Å². The lowest BCUT2D eigenvalue weighted by Crippen LogP contribution is -2.45. The largest absolute Gasteiger partial charge is 0.298 e. The summed E-state index contributed by atoms with van der Waals surface area (Å²) in [6.07, 6.45) is 20.4. The maximum Gasteiger partial charge on any atom is 0.145 e. The summed E-state index contributed by atoms with van der Waals surface area (Å²) in [7, 11) is 0. The van der Waals surface area contributed by atoms with Crippen LogP contribution in [-0.2, 0) is 0 Å². The first kappa shape index (κ1) is 20.5. The van der Waals surface area contributed by atoms with Crippen LogP contribution < -0.4 is 0 Å². The molecule has 1 heteroatoms. The fraction of sp³-hybridized carbons (Fsp3) is 0.833. The molecule has 0 nitrogen and oxygen atoms in total. The van der Waals surface area contributed by atoms with E-state index in [1.807, 2.05) is 0 Å². The zero-order chi connectivity index (χ0) is 17.8. The summed E-state index contributed by atoms with van der Waals surface area (Å²) in [5.41, 5.74) is 0. The molecule has 25 heavy (non-hydrogen) atoms. The van der Waals surface area contributed by atoms with Crippen LogP contribution in [0.5, 0.6) is 0 Å². The molecule has 0 heterocycles. The Kier molecular flexibility index (Phi) is 9.62. The first-order valence-electron chi connectivity index (χ1n) is 11.5. The van der Waals surface area contributed by atoms with Gasteiger partial charge in [0.25, 0.3) is 0 Å². The summed E-state index contributed by atoms with van der Waals surface area (Å²) in [4.78, 5) is 0. The number of unbranched alkanes of at least 4 members (excludes halogenated alkanes) is 4. The Balaban J connectivity index is 2.29. The summed E-state index contributed by atoms with van der Waals surface area (Å²) in [6, 6.07) is 0. The molecule has 0 amide bonds. The minimum Gasteiger partial charge on any atom is -0.298 e. The first-order chi connectivity index (χ1) is 12.3. The minimum absolute atomic E-state index is 0.792. The molecule has 0 aromatic rings. The van der Waals surface area contributed by atoms with E-state index in [4.69, 9.17) is 0 Å². The van der Waals surface area contributed by atoms with Crippen molar-refractivity contribution in [2.45, 2.75) is 128 Å². The SMILES string of the molecule is CCCCC#C[B-](C#CCCCC)(C1CCCCC1)C1CCCCC1. The molecule has 0 spiro atoms. The van der Waals surface area contributed by atoms with E-state index in [1.165, 1.54) is 89.9 Å². The van der Waals surface area contributed by atoms with Gasteiger partial charge in [-0.25, -0.2) is 0 Å². The lowest BCUT2D eigenvalue weighted by Gasteiger charge is -2.49. The van der Waals surface area contributed by atoms with E-state index in [0.29, 0.717) is 0 Å². The molecule has 2 aliphatic carbocycles. The van der Waals surface area contributed by atoms with Gasteiger partial charge in [0.15, 0.2) is 0 Å². The second-order valence-electron chi connectivity index (χ2n) is 8.65. The molecule has 140 valence electrons. The fourth-order valence-corrected chi connectivity index (χ4v) is 5.22. The smallest absolute Gasteiger partial charge is 0.145 e. The molecule has 0 atom stereocenters. The summed E-state index contributed by atoms with van der Waals surface area (Å²) in [5.74, 6) is 16.7. The van der Waals surface area contributed by atoms with Crippen LogP contribution in [0.3, 0.4) is 0 Å². The van der Waals surface area contributed by atoms with Gasteiger partial charge in [0, 0.05) is 12.8 Å². The van der Waals surface area contributed by atoms with Crippen molar-refractivity contribution in [3.8, 4) is 23.5 Å². The van der Waals surface area contributed by atoms with Gasteiger partial charge in [-0.2, -0.15) is 0 Å². The Morgan fingerprint density at radius 1 is 0.640 bits per heavy atom. The Bertz CT molecular complexity index is 426. The number of hydrogen-bond donors (Lipinski definition) is 0. The fourth-order valence-electron chi connectivity index (χ4n) is 5.22. The highest BCUT2D eigenvalue weighted by Crippen LogP contribution is 2.47. The van der Waals surface area contributed by atoms with E-state index in [0.717, 1.165) is 24.5 Å². The number of rotatable bonds is 6. The van der Waals surface area contributed by atoms with Crippen LogP contribution in [0, 0.1) is 23.5 Å². The highest BCUT2D eigenvalue weighted by molar-refractivity contribution is 6.96. The molecule has 0 N–H and O–H groups in total. The van der Waals surface area contributed by atoms with Gasteiger partial charge in [-0.3, -0.25) is 11.6 Å². The quantitative estimate of drug-likeness (QED) is 0.266. The summed E-state index contributed by atoms with van der Waals surface area (Å²) in [6.45, 7) is 4.54. The van der Waals surface area contributed by atoms with Gasteiger partial charge in [-0.05, 0) is 12.8 Å². The van der Waals surface area contributed by atoms with Gasteiger partial charge in [0.1, 0.15) is 6.15 Å². The minimum atomic E-state index is -0.808. The van der Waals surface area contributed by atoms with E-state index in [2.05, 4.69) is 37.3 Å². The van der Waals surface area contributed by atoms with Crippen LogP contribution in [0.15, 0.2) is 0 Å². The second-order valence-corrected chi connectivity index (χ2v) is 8.65. The lowest BCUT2D eigenvalue weighted by atomic mass is 9.12. The normalized spacial score (nSPS) is 19.6. The maximum absolute atomic E-state index is 3.92. The summed E-state index contributed by atoms with van der Waals surface area (Å²) >= 11 is 0. The van der Waals surface area contributed by atoms with Crippen molar-refractivity contribution in [2.24, 2.45) is 0 Å². The molecule has 2 fully saturated rings. The van der Waals surface area contributed by atoms with Crippen LogP contribution in [-0.4, -0.2) is 6.15 Å². The molecule has 0 aromatic carbocycles. The molecule has 0 aromatic heterocycles. The van der Waals surface area contributed by atoms with Crippen LogP contribution in [0.1, 0.15) is 117 Å². The molecule has 0 aliphatic heterocycles. The zero-order valence-corrected chi connectivity index (χ0v) is 17.0. The maximum atomic E-state index is 3.92. The third-order valence-corrected chi connectivity index (χ3v) is 6.78. The lowest BCUT2D eigenvalue weighted by molar-refractivity contribution is 0.460. The Hall–Kier alpha value is -0.815. The van der Waals surface area contributed by atoms with Crippen LogP contribution in [0.2, 0.25) is 11.6 Å². The first-order valence-corrected chi connectivity index (χ1v) is 11.5. The average molecular weight is 339 g/mol. The molecule has 2 aliphatic rings. The summed E-state index contributed by atoms with van der Waals surface area (Å²) in [5, 5.41) is 0. The standard InChI is InChI=1S/C24H40B/c1-3-5-7-15-21-25(22-16-8-6-4-2,23-17-11-9-12-18-23)24-19-13-10-14-20-24/h23-24H,3-14,17-20H2,1-2H3/q-1. The molecule has 2 rings (SSSR count). The van der Waals surface area contributed by atoms with Gasteiger partial charge >= 0.3 is 0 Å². The van der Waals surface area contributed by atoms with E-state index in [9.17, 15) is 0 Å². The van der Waals surface area contributed by atoms with Crippen molar-refractivity contribution in [3.05, 3.63) is 0 Å². The van der Waals surface area contributed by atoms with Crippen molar-refractivity contribution in [2.75, 3.05) is 0 Å². The van der Waals surface area contributed by atoms with Gasteiger partial charge in [-0.1, -0.05) is 90.9 Å². The van der Waals surface area contributed by atoms with Gasteiger partial charge < -0.3 is 0 Å². The molecule has 0 bridgehead atoms. The monoisotopic (exact) mass is 339 g/mol. The van der Waals surface area contributed by atoms with Gasteiger partial charge in [0.05, 0.1) is 0 Å². The molecule has 0 radical (unpaired) electrons. The van der Waals surface area contributed by atoms with Crippen molar-refractivity contribution in [1.82, 2.24) is 0 Å². The molecular formula is C24H40B-. The molecule has 0 unspecified atom stereocenters. The Morgan fingerprint density at radius 2 is 1.04 bits per heavy atom. The third-order valence-electron chi connectivity index (χ3n) is 6.78. The Labute approximate surface area is 158 Å². The topological polar surface area (TPSA) is 0 Å². The predicted molar refractivity (Wildman–Crippen MR) is 114 cm³/mol. The number of hydrogen-bond acceptors (Lipinski definition) is 0. The van der Waals surface area contributed by atoms with E-state index < -0.39 is 6.15 Å². The Morgan fingerprint density at radius 3 is 1.40 bits per heavy atom. The second kappa shape index (κ2) is 11.7. The van der Waals surface area contributed by atoms with Gasteiger partial charge in [0.2, 0.25) is 0 Å². The summed E-state index contributed by atoms with van der Waals surface area (Å²) < 4.78 is 0. The highest BCUT2D eigenvalue weighted by atomic mass is 14.2. The van der Waals surface area contributed by atoms with Crippen molar-refractivity contribution in [3.63, 3.8) is 0 Å². The third kappa shape index (κ3) is 6.13.